The molecule has 0 unspecified atom stereocenters. The molecule has 6 heteroatoms. The van der Waals surface area contributed by atoms with Crippen molar-refractivity contribution in [2.75, 3.05) is 0 Å². The van der Waals surface area contributed by atoms with Gasteiger partial charge >= 0.3 is 0 Å². The van der Waals surface area contributed by atoms with Crippen LogP contribution in [0.4, 0.5) is 0 Å². The Morgan fingerprint density at radius 1 is 1.03 bits per heavy atom. The van der Waals surface area contributed by atoms with Crippen LogP contribution in [0.2, 0.25) is 0 Å². The highest BCUT2D eigenvalue weighted by molar-refractivity contribution is 5.81. The number of fused-ring (bicyclic) bond motifs is 1. The molecule has 166 valence electrons. The third-order valence-corrected chi connectivity index (χ3v) is 5.58. The summed E-state index contributed by atoms with van der Waals surface area (Å²) in [6.07, 6.45) is 5.08. The van der Waals surface area contributed by atoms with Crippen molar-refractivity contribution in [2.24, 2.45) is 4.99 Å². The summed E-state index contributed by atoms with van der Waals surface area (Å²) in [5, 5.41) is 0.521. The summed E-state index contributed by atoms with van der Waals surface area (Å²) in [6.45, 7) is 8.07. The Kier molecular flexibility index (Phi) is 6.36. The highest BCUT2D eigenvalue weighted by Crippen LogP contribution is 2.19. The average Bonchev–Trinajstić information content (AvgIpc) is 3.09. The second-order valence-electron chi connectivity index (χ2n) is 7.69. The molecule has 0 N–H and O–H groups in total. The van der Waals surface area contributed by atoms with Gasteiger partial charge < -0.3 is 4.57 Å². The summed E-state index contributed by atoms with van der Waals surface area (Å²) in [5.41, 5.74) is 3.34. The largest absolute Gasteiger partial charge is 0.306 e. The van der Waals surface area contributed by atoms with Crippen molar-refractivity contribution < 1.29 is 0 Å². The molecule has 0 aliphatic heterocycles. The van der Waals surface area contributed by atoms with E-state index in [1.807, 2.05) is 79.2 Å². The highest BCUT2D eigenvalue weighted by Gasteiger charge is 2.20. The Hall–Kier alpha value is -4.19. The van der Waals surface area contributed by atoms with Gasteiger partial charge in [0.2, 0.25) is 0 Å². The number of para-hydroxylation sites is 1. The van der Waals surface area contributed by atoms with Crippen molar-refractivity contribution in [3.05, 3.63) is 123 Å². The lowest BCUT2D eigenvalue weighted by Crippen LogP contribution is -2.24. The van der Waals surface area contributed by atoms with E-state index < -0.39 is 0 Å². The number of pyridine rings is 1. The van der Waals surface area contributed by atoms with E-state index in [0.29, 0.717) is 28.8 Å². The van der Waals surface area contributed by atoms with Crippen LogP contribution >= 0.6 is 0 Å². The number of rotatable bonds is 7. The molecule has 0 bridgehead atoms. The zero-order valence-corrected chi connectivity index (χ0v) is 18.8. The fourth-order valence-corrected chi connectivity index (χ4v) is 4.08. The SMILES string of the molecule is C=C/C=C(/Cn1c(C)c2c(=O)n(-c3ccccc3)n(Cc3ccccc3)c2cc1=O)N=CC. The molecular formula is C27H26N4O2. The molecule has 6 nitrogen and oxygen atoms in total. The Morgan fingerprint density at radius 2 is 1.70 bits per heavy atom. The molecule has 0 amide bonds. The topological polar surface area (TPSA) is 61.3 Å². The van der Waals surface area contributed by atoms with E-state index in [-0.39, 0.29) is 17.7 Å². The number of nitrogens with zero attached hydrogens (tertiary/aromatic N) is 4. The predicted molar refractivity (Wildman–Crippen MR) is 135 cm³/mol. The summed E-state index contributed by atoms with van der Waals surface area (Å²) in [4.78, 5) is 31.3. The van der Waals surface area contributed by atoms with Crippen molar-refractivity contribution in [3.8, 4) is 5.69 Å². The van der Waals surface area contributed by atoms with Crippen LogP contribution in [-0.2, 0) is 13.1 Å². The number of allylic oxidation sites excluding steroid dienone is 3. The van der Waals surface area contributed by atoms with Gasteiger partial charge in [-0.3, -0.25) is 19.3 Å². The van der Waals surface area contributed by atoms with Crippen molar-refractivity contribution in [1.29, 1.82) is 0 Å². The van der Waals surface area contributed by atoms with Crippen LogP contribution in [0, 0.1) is 6.92 Å². The van der Waals surface area contributed by atoms with E-state index in [2.05, 4.69) is 11.6 Å². The minimum atomic E-state index is -0.187. The number of aliphatic imine (C=N–C) groups is 1. The summed E-state index contributed by atoms with van der Waals surface area (Å²) in [7, 11) is 0. The molecule has 33 heavy (non-hydrogen) atoms. The summed E-state index contributed by atoms with van der Waals surface area (Å²) < 4.78 is 5.12. The Bertz CT molecular complexity index is 1470. The summed E-state index contributed by atoms with van der Waals surface area (Å²) in [5.74, 6) is 0. The minimum Gasteiger partial charge on any atom is -0.306 e. The molecule has 2 aromatic heterocycles. The molecule has 0 aliphatic carbocycles. The van der Waals surface area contributed by atoms with Gasteiger partial charge in [-0.1, -0.05) is 61.2 Å². The molecule has 0 radical (unpaired) electrons. The van der Waals surface area contributed by atoms with Crippen LogP contribution in [0.3, 0.4) is 0 Å². The highest BCUT2D eigenvalue weighted by atomic mass is 16.1. The van der Waals surface area contributed by atoms with Crippen LogP contribution in [0.5, 0.6) is 0 Å². The Labute approximate surface area is 192 Å². The van der Waals surface area contributed by atoms with Gasteiger partial charge in [0.15, 0.2) is 0 Å². The van der Waals surface area contributed by atoms with E-state index in [1.54, 1.807) is 33.7 Å². The molecule has 0 spiro atoms. The molecule has 0 saturated carbocycles. The number of aromatic nitrogens is 3. The maximum absolute atomic E-state index is 13.7. The van der Waals surface area contributed by atoms with Crippen LogP contribution in [0.25, 0.3) is 16.6 Å². The van der Waals surface area contributed by atoms with Crippen molar-refractivity contribution in [2.45, 2.75) is 26.9 Å². The van der Waals surface area contributed by atoms with Crippen LogP contribution in [0.15, 0.2) is 106 Å². The molecule has 2 aromatic carbocycles. The summed E-state index contributed by atoms with van der Waals surface area (Å²) in [6, 6.07) is 20.9. The van der Waals surface area contributed by atoms with Crippen LogP contribution in [0.1, 0.15) is 18.2 Å². The smallest absolute Gasteiger partial charge is 0.281 e. The van der Waals surface area contributed by atoms with E-state index in [1.165, 1.54) is 0 Å². The Morgan fingerprint density at radius 3 is 2.33 bits per heavy atom. The van der Waals surface area contributed by atoms with Crippen molar-refractivity contribution in [3.63, 3.8) is 0 Å². The van der Waals surface area contributed by atoms with Crippen LogP contribution in [-0.4, -0.2) is 20.1 Å². The molecular weight excluding hydrogens is 412 g/mol. The lowest BCUT2D eigenvalue weighted by Gasteiger charge is -2.14. The maximum Gasteiger partial charge on any atom is 0.281 e. The maximum atomic E-state index is 13.7. The molecule has 2 heterocycles. The number of benzene rings is 2. The van der Waals surface area contributed by atoms with Gasteiger partial charge in [-0.05, 0) is 37.6 Å². The van der Waals surface area contributed by atoms with E-state index in [0.717, 1.165) is 11.3 Å². The Balaban J connectivity index is 2.00. The zero-order valence-electron chi connectivity index (χ0n) is 18.8. The van der Waals surface area contributed by atoms with Crippen molar-refractivity contribution in [1.82, 2.24) is 13.9 Å². The minimum absolute atomic E-state index is 0.161. The van der Waals surface area contributed by atoms with E-state index in [9.17, 15) is 9.59 Å². The third kappa shape index (κ3) is 4.28. The average molecular weight is 439 g/mol. The van der Waals surface area contributed by atoms with Gasteiger partial charge in [0.25, 0.3) is 11.1 Å². The molecule has 4 aromatic rings. The standard InChI is InChI=1S/C27H26N4O2/c1-4-12-22(28-5-2)19-29-20(3)26-24(17-25(29)32)30(18-21-13-8-6-9-14-21)31(27(26)33)23-15-10-7-11-16-23/h4-17H,1,18-19H2,2-3H3/b22-12-,28-5?. The molecule has 4 rings (SSSR count). The number of hydrogen-bond donors (Lipinski definition) is 0. The monoisotopic (exact) mass is 438 g/mol. The predicted octanol–water partition coefficient (Wildman–Crippen LogP) is 4.47. The molecule has 0 fully saturated rings. The fourth-order valence-electron chi connectivity index (χ4n) is 4.08. The lowest BCUT2D eigenvalue weighted by atomic mass is 10.2. The van der Waals surface area contributed by atoms with Gasteiger partial charge in [-0.2, -0.15) is 0 Å². The quantitative estimate of drug-likeness (QED) is 0.316. The van der Waals surface area contributed by atoms with Gasteiger partial charge in [-0.15, -0.1) is 0 Å². The first kappa shape index (κ1) is 22.0. The molecule has 0 aliphatic rings. The number of hydrogen-bond acceptors (Lipinski definition) is 3. The first-order valence-electron chi connectivity index (χ1n) is 10.8. The van der Waals surface area contributed by atoms with E-state index in [4.69, 9.17) is 0 Å². The number of aryl methyl sites for hydroxylation is 1. The second kappa shape index (κ2) is 9.53. The van der Waals surface area contributed by atoms with Crippen molar-refractivity contribution >= 4 is 17.1 Å². The fraction of sp³-hybridized carbons (Fsp3) is 0.148. The lowest BCUT2D eigenvalue weighted by molar-refractivity contribution is 0.612. The van der Waals surface area contributed by atoms with Gasteiger partial charge in [-0.25, -0.2) is 4.68 Å². The van der Waals surface area contributed by atoms with Crippen LogP contribution < -0.4 is 11.1 Å². The first-order chi connectivity index (χ1) is 16.0. The zero-order chi connectivity index (χ0) is 23.4. The third-order valence-electron chi connectivity index (χ3n) is 5.58. The van der Waals surface area contributed by atoms with E-state index >= 15 is 0 Å². The van der Waals surface area contributed by atoms with Gasteiger partial charge in [0.1, 0.15) is 0 Å². The van der Waals surface area contributed by atoms with Gasteiger partial charge in [0.05, 0.1) is 35.4 Å². The second-order valence-corrected chi connectivity index (χ2v) is 7.69. The van der Waals surface area contributed by atoms with Gasteiger partial charge in [0, 0.05) is 18.0 Å². The first-order valence-corrected chi connectivity index (χ1v) is 10.8. The normalized spacial score (nSPS) is 12.0. The molecule has 0 saturated heterocycles. The molecule has 0 atom stereocenters. The summed E-state index contributed by atoms with van der Waals surface area (Å²) >= 11 is 0.